The highest BCUT2D eigenvalue weighted by Gasteiger charge is 2.23. The van der Waals surface area contributed by atoms with Gasteiger partial charge in [-0.15, -0.1) is 0 Å². The SMILES string of the molecule is CN(C)C(C)(C)COc1ccc([N+](=O)[O-])cc1C(N)=NO. The Hall–Kier alpha value is -2.35. The van der Waals surface area contributed by atoms with Gasteiger partial charge in [-0.1, -0.05) is 5.16 Å². The number of ether oxygens (including phenoxy) is 1. The van der Waals surface area contributed by atoms with Gasteiger partial charge in [-0.25, -0.2) is 0 Å². The van der Waals surface area contributed by atoms with E-state index in [4.69, 9.17) is 15.7 Å². The topological polar surface area (TPSA) is 114 Å². The molecular weight excluding hydrogens is 276 g/mol. The van der Waals surface area contributed by atoms with Crippen LogP contribution in [0.3, 0.4) is 0 Å². The van der Waals surface area contributed by atoms with Gasteiger partial charge in [0.15, 0.2) is 5.84 Å². The number of benzene rings is 1. The van der Waals surface area contributed by atoms with Crippen LogP contribution in [0.5, 0.6) is 5.75 Å². The summed E-state index contributed by atoms with van der Waals surface area (Å²) in [5, 5.41) is 22.5. The summed E-state index contributed by atoms with van der Waals surface area (Å²) in [5.74, 6) is 0.0854. The van der Waals surface area contributed by atoms with Crippen molar-refractivity contribution in [3.05, 3.63) is 33.9 Å². The van der Waals surface area contributed by atoms with Crippen molar-refractivity contribution in [2.24, 2.45) is 10.9 Å². The Labute approximate surface area is 122 Å². The van der Waals surface area contributed by atoms with Gasteiger partial charge in [0.1, 0.15) is 12.4 Å². The molecule has 1 aromatic rings. The maximum absolute atomic E-state index is 10.8. The number of hydrogen-bond acceptors (Lipinski definition) is 6. The van der Waals surface area contributed by atoms with Gasteiger partial charge in [0.25, 0.3) is 5.69 Å². The third-order valence-electron chi connectivity index (χ3n) is 3.35. The third kappa shape index (κ3) is 4.06. The molecule has 0 saturated carbocycles. The van der Waals surface area contributed by atoms with Crippen LogP contribution in [0.1, 0.15) is 19.4 Å². The molecule has 21 heavy (non-hydrogen) atoms. The molecule has 0 bridgehead atoms. The summed E-state index contributed by atoms with van der Waals surface area (Å²) in [4.78, 5) is 12.2. The van der Waals surface area contributed by atoms with E-state index in [-0.39, 0.29) is 22.6 Å². The van der Waals surface area contributed by atoms with Crippen LogP contribution in [-0.4, -0.2) is 47.1 Å². The van der Waals surface area contributed by atoms with Gasteiger partial charge in [-0.3, -0.25) is 10.1 Å². The Kier molecular flexibility index (Phi) is 5.09. The summed E-state index contributed by atoms with van der Waals surface area (Å²) < 4.78 is 5.68. The summed E-state index contributed by atoms with van der Waals surface area (Å²) in [6.07, 6.45) is 0. The zero-order valence-electron chi connectivity index (χ0n) is 12.5. The molecule has 0 atom stereocenters. The van der Waals surface area contributed by atoms with Crippen molar-refractivity contribution >= 4 is 11.5 Å². The summed E-state index contributed by atoms with van der Waals surface area (Å²) in [5.41, 5.74) is 5.33. The van der Waals surface area contributed by atoms with Crippen molar-refractivity contribution in [3.8, 4) is 5.75 Å². The van der Waals surface area contributed by atoms with Gasteiger partial charge in [-0.05, 0) is 34.0 Å². The minimum atomic E-state index is -0.554. The molecule has 0 amide bonds. The fourth-order valence-corrected chi connectivity index (χ4v) is 1.39. The predicted octanol–water partition coefficient (Wildman–Crippen LogP) is 1.41. The zero-order chi connectivity index (χ0) is 16.2. The highest BCUT2D eigenvalue weighted by Crippen LogP contribution is 2.25. The standard InChI is InChI=1S/C13H20N4O4/c1-13(2,16(3)4)8-21-11-6-5-9(17(19)20)7-10(11)12(14)15-18/h5-7,18H,8H2,1-4H3,(H2,14,15). The molecule has 0 heterocycles. The van der Waals surface area contributed by atoms with Crippen LogP contribution in [0.4, 0.5) is 5.69 Å². The van der Waals surface area contributed by atoms with Crippen LogP contribution in [0.15, 0.2) is 23.4 Å². The average Bonchev–Trinajstić information content (AvgIpc) is 2.43. The molecule has 1 rings (SSSR count). The van der Waals surface area contributed by atoms with Crippen LogP contribution >= 0.6 is 0 Å². The molecule has 0 aliphatic carbocycles. The number of hydrogen-bond donors (Lipinski definition) is 2. The number of non-ortho nitro benzene ring substituents is 1. The molecule has 0 fully saturated rings. The first-order valence-electron chi connectivity index (χ1n) is 6.25. The van der Waals surface area contributed by atoms with Gasteiger partial charge in [0.2, 0.25) is 0 Å². The number of nitrogens with zero attached hydrogens (tertiary/aromatic N) is 3. The minimum absolute atomic E-state index is 0.157. The van der Waals surface area contributed by atoms with Crippen molar-refractivity contribution in [3.63, 3.8) is 0 Å². The van der Waals surface area contributed by atoms with Crippen molar-refractivity contribution in [2.45, 2.75) is 19.4 Å². The largest absolute Gasteiger partial charge is 0.491 e. The van der Waals surface area contributed by atoms with Crippen LogP contribution in [0.2, 0.25) is 0 Å². The second kappa shape index (κ2) is 6.40. The molecule has 0 aliphatic heterocycles. The Bertz CT molecular complexity index is 555. The van der Waals surface area contributed by atoms with Gasteiger partial charge in [0.05, 0.1) is 10.5 Å². The number of nitrogens with two attached hydrogens (primary N) is 1. The number of likely N-dealkylation sites (N-methyl/N-ethyl adjacent to an activating group) is 1. The smallest absolute Gasteiger partial charge is 0.270 e. The molecule has 0 radical (unpaired) electrons. The van der Waals surface area contributed by atoms with Gasteiger partial charge in [0, 0.05) is 17.7 Å². The number of amidine groups is 1. The maximum Gasteiger partial charge on any atom is 0.270 e. The van der Waals surface area contributed by atoms with Gasteiger partial charge in [-0.2, -0.15) is 0 Å². The zero-order valence-corrected chi connectivity index (χ0v) is 12.5. The number of oxime groups is 1. The second-order valence-electron chi connectivity index (χ2n) is 5.42. The maximum atomic E-state index is 10.8. The molecule has 0 unspecified atom stereocenters. The van der Waals surface area contributed by atoms with Crippen molar-refractivity contribution < 1.29 is 14.9 Å². The van der Waals surface area contributed by atoms with E-state index in [1.807, 2.05) is 32.8 Å². The molecule has 3 N–H and O–H groups in total. The molecule has 0 aromatic heterocycles. The van der Waals surface area contributed by atoms with E-state index >= 15 is 0 Å². The van der Waals surface area contributed by atoms with Crippen molar-refractivity contribution in [1.29, 1.82) is 0 Å². The van der Waals surface area contributed by atoms with Crippen LogP contribution in [0, 0.1) is 10.1 Å². The predicted molar refractivity (Wildman–Crippen MR) is 78.9 cm³/mol. The monoisotopic (exact) mass is 296 g/mol. The fraction of sp³-hybridized carbons (Fsp3) is 0.462. The van der Waals surface area contributed by atoms with Crippen molar-refractivity contribution in [1.82, 2.24) is 4.90 Å². The molecule has 8 heteroatoms. The lowest BCUT2D eigenvalue weighted by molar-refractivity contribution is -0.384. The van der Waals surface area contributed by atoms with E-state index in [1.165, 1.54) is 18.2 Å². The first-order chi connectivity index (χ1) is 9.69. The van der Waals surface area contributed by atoms with Crippen LogP contribution in [-0.2, 0) is 0 Å². The fourth-order valence-electron chi connectivity index (χ4n) is 1.39. The summed E-state index contributed by atoms with van der Waals surface area (Å²) >= 11 is 0. The summed E-state index contributed by atoms with van der Waals surface area (Å²) in [7, 11) is 3.84. The third-order valence-corrected chi connectivity index (χ3v) is 3.35. The number of nitro benzene ring substituents is 1. The van der Waals surface area contributed by atoms with Gasteiger partial charge < -0.3 is 20.6 Å². The quantitative estimate of drug-likeness (QED) is 0.270. The minimum Gasteiger partial charge on any atom is -0.491 e. The van der Waals surface area contributed by atoms with E-state index < -0.39 is 4.92 Å². The lowest BCUT2D eigenvalue weighted by Crippen LogP contribution is -2.43. The summed E-state index contributed by atoms with van der Waals surface area (Å²) in [6, 6.07) is 3.97. The molecule has 1 aromatic carbocycles. The summed E-state index contributed by atoms with van der Waals surface area (Å²) in [6.45, 7) is 4.31. The van der Waals surface area contributed by atoms with Crippen LogP contribution < -0.4 is 10.5 Å². The second-order valence-corrected chi connectivity index (χ2v) is 5.42. The average molecular weight is 296 g/mol. The molecule has 8 nitrogen and oxygen atoms in total. The van der Waals surface area contributed by atoms with E-state index in [0.29, 0.717) is 12.4 Å². The molecule has 0 spiro atoms. The van der Waals surface area contributed by atoms with E-state index in [1.54, 1.807) is 0 Å². The first-order valence-corrected chi connectivity index (χ1v) is 6.25. The Morgan fingerprint density at radius 3 is 2.62 bits per heavy atom. The van der Waals surface area contributed by atoms with Gasteiger partial charge >= 0.3 is 0 Å². The highest BCUT2D eigenvalue weighted by atomic mass is 16.6. The molecule has 0 aliphatic rings. The highest BCUT2D eigenvalue weighted by molar-refractivity contribution is 6.00. The number of rotatable bonds is 6. The molecule has 116 valence electrons. The lowest BCUT2D eigenvalue weighted by atomic mass is 10.1. The van der Waals surface area contributed by atoms with E-state index in [9.17, 15) is 10.1 Å². The molecule has 0 saturated heterocycles. The first kappa shape index (κ1) is 16.7. The molecular formula is C13H20N4O4. The van der Waals surface area contributed by atoms with Crippen molar-refractivity contribution in [2.75, 3.05) is 20.7 Å². The number of nitro groups is 1. The lowest BCUT2D eigenvalue weighted by Gasteiger charge is -2.32. The Balaban J connectivity index is 3.10. The Morgan fingerprint density at radius 1 is 1.52 bits per heavy atom. The van der Waals surface area contributed by atoms with E-state index in [0.717, 1.165) is 0 Å². The van der Waals surface area contributed by atoms with E-state index in [2.05, 4.69) is 5.16 Å². The van der Waals surface area contributed by atoms with Crippen LogP contribution in [0.25, 0.3) is 0 Å². The Morgan fingerprint density at radius 2 is 2.14 bits per heavy atom. The normalized spacial score (nSPS) is 12.5.